The van der Waals surface area contributed by atoms with Crippen molar-refractivity contribution in [3.8, 4) is 0 Å². The zero-order valence-electron chi connectivity index (χ0n) is 6.58. The van der Waals surface area contributed by atoms with Gasteiger partial charge in [-0.25, -0.2) is 0 Å². The van der Waals surface area contributed by atoms with Crippen molar-refractivity contribution < 1.29 is 14.3 Å². The molecule has 0 spiro atoms. The van der Waals surface area contributed by atoms with Crippen molar-refractivity contribution in [2.24, 2.45) is 0 Å². The maximum Gasteiger partial charge on any atom is 0.145 e. The molecular weight excluding hydrogens is 144 g/mol. The third-order valence-corrected chi connectivity index (χ3v) is 1.21. The number of methoxy groups -OCH3 is 1. The Morgan fingerprint density at radius 1 is 1.45 bits per heavy atom. The van der Waals surface area contributed by atoms with Gasteiger partial charge in [0.1, 0.15) is 12.6 Å². The van der Waals surface area contributed by atoms with Gasteiger partial charge in [-0.1, -0.05) is 6.08 Å². The van der Waals surface area contributed by atoms with E-state index in [1.165, 1.54) is 0 Å². The maximum atomic E-state index is 10.3. The molecule has 0 aromatic heterocycles. The van der Waals surface area contributed by atoms with E-state index < -0.39 is 0 Å². The quantitative estimate of drug-likeness (QED) is 0.420. The molecule has 0 amide bonds. The first-order chi connectivity index (χ1) is 5.35. The summed E-state index contributed by atoms with van der Waals surface area (Å²) < 4.78 is 4.73. The molecule has 0 aromatic rings. The van der Waals surface area contributed by atoms with Crippen molar-refractivity contribution >= 4 is 12.6 Å². The molecule has 62 valence electrons. The predicted molar refractivity (Wildman–Crippen MR) is 41.3 cm³/mol. The Kier molecular flexibility index (Phi) is 6.53. The van der Waals surface area contributed by atoms with Gasteiger partial charge in [0.2, 0.25) is 0 Å². The van der Waals surface area contributed by atoms with Crippen molar-refractivity contribution in [3.63, 3.8) is 0 Å². The summed E-state index contributed by atoms with van der Waals surface area (Å²) in [6.45, 7) is 0.424. The lowest BCUT2D eigenvalue weighted by atomic mass is 10.1. The number of carbonyl (C=O) groups is 2. The summed E-state index contributed by atoms with van der Waals surface area (Å²) in [4.78, 5) is 20.2. The van der Waals surface area contributed by atoms with Gasteiger partial charge >= 0.3 is 0 Å². The van der Waals surface area contributed by atoms with Gasteiger partial charge < -0.3 is 9.53 Å². The molecule has 0 N–H and O–H groups in total. The number of aldehydes is 2. The lowest BCUT2D eigenvalue weighted by Gasteiger charge is -1.94. The Labute approximate surface area is 66.0 Å². The molecule has 0 aromatic carbocycles. The Morgan fingerprint density at radius 3 is 2.64 bits per heavy atom. The fourth-order valence-electron chi connectivity index (χ4n) is 0.625. The number of rotatable bonds is 6. The summed E-state index contributed by atoms with van der Waals surface area (Å²) in [6, 6.07) is 0. The zero-order valence-corrected chi connectivity index (χ0v) is 6.58. The van der Waals surface area contributed by atoms with Crippen molar-refractivity contribution in [2.75, 3.05) is 13.7 Å². The molecule has 0 radical (unpaired) electrons. The number of hydrogen-bond acceptors (Lipinski definition) is 3. The number of carbonyl (C=O) groups excluding carboxylic acids is 2. The van der Waals surface area contributed by atoms with Crippen LogP contribution in [0.25, 0.3) is 0 Å². The molecule has 0 saturated carbocycles. The first-order valence-electron chi connectivity index (χ1n) is 3.42. The molecule has 0 heterocycles. The highest BCUT2D eigenvalue weighted by Gasteiger charge is 1.92. The highest BCUT2D eigenvalue weighted by molar-refractivity contribution is 5.73. The first kappa shape index (κ1) is 10.0. The van der Waals surface area contributed by atoms with Crippen LogP contribution in [0.15, 0.2) is 11.6 Å². The molecule has 3 heteroatoms. The third-order valence-electron chi connectivity index (χ3n) is 1.21. The molecule has 0 rings (SSSR count). The fourth-order valence-corrected chi connectivity index (χ4v) is 0.625. The molecule has 11 heavy (non-hydrogen) atoms. The maximum absolute atomic E-state index is 10.3. The average Bonchev–Trinajstić information content (AvgIpc) is 2.05. The van der Waals surface area contributed by atoms with Crippen molar-refractivity contribution in [1.29, 1.82) is 0 Å². The highest BCUT2D eigenvalue weighted by atomic mass is 16.5. The standard InChI is InChI=1S/C8H12O3/c1-11-6-4-8(7-10)3-2-5-9/h4-5,7H,2-3,6H2,1H3. The summed E-state index contributed by atoms with van der Waals surface area (Å²) in [5, 5.41) is 0. The normalized spacial score (nSPS) is 11.2. The zero-order chi connectivity index (χ0) is 8.53. The second-order valence-corrected chi connectivity index (χ2v) is 2.06. The number of allylic oxidation sites excluding steroid dienone is 1. The SMILES string of the molecule is COCC=C(C=O)CCC=O. The second-order valence-electron chi connectivity index (χ2n) is 2.06. The summed E-state index contributed by atoms with van der Waals surface area (Å²) in [6.07, 6.45) is 4.13. The Hall–Kier alpha value is -0.960. The van der Waals surface area contributed by atoms with Gasteiger partial charge in [0, 0.05) is 13.5 Å². The van der Waals surface area contributed by atoms with Crippen LogP contribution in [0.2, 0.25) is 0 Å². The van der Waals surface area contributed by atoms with Crippen LogP contribution in [0, 0.1) is 0 Å². The summed E-state index contributed by atoms with van der Waals surface area (Å²) in [5.74, 6) is 0. The highest BCUT2D eigenvalue weighted by Crippen LogP contribution is 1.99. The minimum absolute atomic E-state index is 0.397. The smallest absolute Gasteiger partial charge is 0.145 e. The fraction of sp³-hybridized carbons (Fsp3) is 0.500. The Morgan fingerprint density at radius 2 is 2.18 bits per heavy atom. The van der Waals surface area contributed by atoms with Crippen LogP contribution in [-0.2, 0) is 14.3 Å². The van der Waals surface area contributed by atoms with Gasteiger partial charge in [-0.2, -0.15) is 0 Å². The molecule has 0 aliphatic rings. The van der Waals surface area contributed by atoms with Crippen LogP contribution >= 0.6 is 0 Å². The van der Waals surface area contributed by atoms with Gasteiger partial charge in [-0.3, -0.25) is 4.79 Å². The molecule has 0 atom stereocenters. The largest absolute Gasteiger partial charge is 0.381 e. The van der Waals surface area contributed by atoms with Crippen LogP contribution in [0.3, 0.4) is 0 Å². The predicted octanol–water partition coefficient (Wildman–Crippen LogP) is 0.737. The van der Waals surface area contributed by atoms with Crippen LogP contribution in [0.4, 0.5) is 0 Å². The third kappa shape index (κ3) is 5.48. The van der Waals surface area contributed by atoms with E-state index in [2.05, 4.69) is 0 Å². The number of ether oxygens (including phenoxy) is 1. The molecule has 3 nitrogen and oxygen atoms in total. The van der Waals surface area contributed by atoms with Crippen LogP contribution in [-0.4, -0.2) is 26.3 Å². The van der Waals surface area contributed by atoms with Gasteiger partial charge in [0.05, 0.1) is 6.61 Å². The topological polar surface area (TPSA) is 43.4 Å². The van der Waals surface area contributed by atoms with Crippen molar-refractivity contribution in [2.45, 2.75) is 12.8 Å². The summed E-state index contributed by atoms with van der Waals surface area (Å²) in [7, 11) is 1.55. The molecule has 0 unspecified atom stereocenters. The van der Waals surface area contributed by atoms with E-state index >= 15 is 0 Å². The van der Waals surface area contributed by atoms with E-state index in [1.807, 2.05) is 0 Å². The van der Waals surface area contributed by atoms with Gasteiger partial charge in [0.15, 0.2) is 0 Å². The average molecular weight is 156 g/mol. The van der Waals surface area contributed by atoms with E-state index in [4.69, 9.17) is 4.74 Å². The number of hydrogen-bond donors (Lipinski definition) is 0. The van der Waals surface area contributed by atoms with E-state index in [-0.39, 0.29) is 0 Å². The lowest BCUT2D eigenvalue weighted by molar-refractivity contribution is -0.107. The Balaban J connectivity index is 3.72. The molecular formula is C8H12O3. The summed E-state index contributed by atoms with van der Waals surface area (Å²) in [5.41, 5.74) is 0.624. The van der Waals surface area contributed by atoms with Gasteiger partial charge in [-0.15, -0.1) is 0 Å². The molecule has 0 fully saturated rings. The van der Waals surface area contributed by atoms with Crippen LogP contribution in [0.5, 0.6) is 0 Å². The van der Waals surface area contributed by atoms with Crippen LogP contribution < -0.4 is 0 Å². The minimum Gasteiger partial charge on any atom is -0.381 e. The minimum atomic E-state index is 0.397. The van der Waals surface area contributed by atoms with Gasteiger partial charge in [0.25, 0.3) is 0 Å². The van der Waals surface area contributed by atoms with Crippen molar-refractivity contribution in [3.05, 3.63) is 11.6 Å². The monoisotopic (exact) mass is 156 g/mol. The van der Waals surface area contributed by atoms with E-state index in [0.717, 1.165) is 12.6 Å². The Bertz CT molecular complexity index is 149. The lowest BCUT2D eigenvalue weighted by Crippen LogP contribution is -1.90. The van der Waals surface area contributed by atoms with E-state index in [1.54, 1.807) is 13.2 Å². The van der Waals surface area contributed by atoms with E-state index in [0.29, 0.717) is 25.0 Å². The van der Waals surface area contributed by atoms with Crippen LogP contribution in [0.1, 0.15) is 12.8 Å². The van der Waals surface area contributed by atoms with E-state index in [9.17, 15) is 9.59 Å². The van der Waals surface area contributed by atoms with Crippen molar-refractivity contribution in [1.82, 2.24) is 0 Å². The first-order valence-corrected chi connectivity index (χ1v) is 3.42. The summed E-state index contributed by atoms with van der Waals surface area (Å²) >= 11 is 0. The molecule has 0 bridgehead atoms. The molecule has 0 saturated heterocycles. The second kappa shape index (κ2) is 7.15. The van der Waals surface area contributed by atoms with Gasteiger partial charge in [-0.05, 0) is 12.0 Å². The molecule has 0 aliphatic heterocycles. The molecule has 0 aliphatic carbocycles.